The summed E-state index contributed by atoms with van der Waals surface area (Å²) in [5.41, 5.74) is 2.28. The molecule has 6 heteroatoms. The third-order valence-corrected chi connectivity index (χ3v) is 6.10. The number of esters is 1. The quantitative estimate of drug-likeness (QED) is 0.752. The number of ether oxygens (including phenoxy) is 2. The molecule has 0 radical (unpaired) electrons. The first-order valence-electron chi connectivity index (χ1n) is 10.5. The van der Waals surface area contributed by atoms with Gasteiger partial charge in [0.2, 0.25) is 0 Å². The number of hydrogen-bond acceptors (Lipinski definition) is 5. The van der Waals surface area contributed by atoms with Gasteiger partial charge >= 0.3 is 5.97 Å². The maximum atomic E-state index is 14.9. The van der Waals surface area contributed by atoms with Crippen LogP contribution in [0.1, 0.15) is 57.9 Å². The molecule has 1 saturated heterocycles. The lowest BCUT2D eigenvalue weighted by Crippen LogP contribution is -2.39. The van der Waals surface area contributed by atoms with Gasteiger partial charge in [-0.1, -0.05) is 32.0 Å². The Morgan fingerprint density at radius 1 is 1.30 bits per heavy atom. The molecule has 5 nitrogen and oxygen atoms in total. The van der Waals surface area contributed by atoms with E-state index >= 15 is 0 Å². The molecule has 1 aliphatic carbocycles. The zero-order valence-corrected chi connectivity index (χ0v) is 17.7. The van der Waals surface area contributed by atoms with E-state index in [9.17, 15) is 14.0 Å². The van der Waals surface area contributed by atoms with Gasteiger partial charge < -0.3 is 14.8 Å². The Labute approximate surface area is 176 Å². The molecule has 0 unspecified atom stereocenters. The number of rotatable bonds is 4. The van der Waals surface area contributed by atoms with Crippen molar-refractivity contribution in [1.29, 1.82) is 0 Å². The Morgan fingerprint density at radius 3 is 2.77 bits per heavy atom. The van der Waals surface area contributed by atoms with Crippen LogP contribution in [0, 0.1) is 11.2 Å². The average Bonchev–Trinajstić information content (AvgIpc) is 3.18. The number of carbonyl (C=O) groups is 2. The van der Waals surface area contributed by atoms with Crippen molar-refractivity contribution in [3.05, 3.63) is 58.2 Å². The zero-order chi connectivity index (χ0) is 21.5. The standard InChI is InChI=1S/C24H28FNO4/c1-14-20(23(28)30-13-15-7-6-10-29-15)21(16-8-4-5-9-17(16)25)22-18(26-14)11-24(2,3)12-19(22)27/h4-5,8-9,15,21,26H,6-7,10-13H2,1-3H3/t15-,21+/m0/s1. The lowest BCUT2D eigenvalue weighted by Gasteiger charge is -2.39. The smallest absolute Gasteiger partial charge is 0.336 e. The van der Waals surface area contributed by atoms with Crippen LogP contribution in [0.4, 0.5) is 4.39 Å². The predicted molar refractivity (Wildman–Crippen MR) is 110 cm³/mol. The van der Waals surface area contributed by atoms with Crippen molar-refractivity contribution in [3.8, 4) is 0 Å². The van der Waals surface area contributed by atoms with Crippen LogP contribution < -0.4 is 5.32 Å². The highest BCUT2D eigenvalue weighted by Crippen LogP contribution is 2.47. The summed E-state index contributed by atoms with van der Waals surface area (Å²) in [6.45, 7) is 6.69. The van der Waals surface area contributed by atoms with Gasteiger partial charge in [-0.05, 0) is 37.7 Å². The van der Waals surface area contributed by atoms with E-state index < -0.39 is 17.7 Å². The molecule has 0 spiro atoms. The Kier molecular flexibility index (Phi) is 5.53. The molecule has 0 amide bonds. The molecule has 0 saturated carbocycles. The van der Waals surface area contributed by atoms with E-state index in [1.807, 2.05) is 13.8 Å². The Balaban J connectivity index is 1.73. The Morgan fingerprint density at radius 2 is 2.07 bits per heavy atom. The van der Waals surface area contributed by atoms with Gasteiger partial charge in [0.25, 0.3) is 0 Å². The van der Waals surface area contributed by atoms with Crippen molar-refractivity contribution < 1.29 is 23.5 Å². The summed E-state index contributed by atoms with van der Waals surface area (Å²) in [5.74, 6) is -1.80. The van der Waals surface area contributed by atoms with Crippen LogP contribution in [0.25, 0.3) is 0 Å². The molecule has 0 aromatic heterocycles. The van der Waals surface area contributed by atoms with Crippen molar-refractivity contribution in [2.45, 2.75) is 58.5 Å². The van der Waals surface area contributed by atoms with Gasteiger partial charge in [0.1, 0.15) is 12.4 Å². The lowest BCUT2D eigenvalue weighted by atomic mass is 9.68. The van der Waals surface area contributed by atoms with Crippen molar-refractivity contribution >= 4 is 11.8 Å². The fourth-order valence-electron chi connectivity index (χ4n) is 4.75. The van der Waals surface area contributed by atoms with E-state index in [0.29, 0.717) is 41.9 Å². The van der Waals surface area contributed by atoms with E-state index in [0.717, 1.165) is 18.5 Å². The van der Waals surface area contributed by atoms with Crippen molar-refractivity contribution in [3.63, 3.8) is 0 Å². The predicted octanol–water partition coefficient (Wildman–Crippen LogP) is 4.15. The normalized spacial score (nSPS) is 25.8. The minimum atomic E-state index is -0.775. The number of hydrogen-bond donors (Lipinski definition) is 1. The topological polar surface area (TPSA) is 64.6 Å². The van der Waals surface area contributed by atoms with Crippen LogP contribution in [-0.4, -0.2) is 31.1 Å². The molecule has 160 valence electrons. The van der Waals surface area contributed by atoms with Crippen LogP contribution in [0.3, 0.4) is 0 Å². The summed E-state index contributed by atoms with van der Waals surface area (Å²) in [5, 5.41) is 3.27. The number of Topliss-reactive ketones (excluding diaryl/α,β-unsaturated/α-hetero) is 1. The van der Waals surface area contributed by atoms with E-state index in [-0.39, 0.29) is 23.9 Å². The highest BCUT2D eigenvalue weighted by atomic mass is 19.1. The van der Waals surface area contributed by atoms with Gasteiger partial charge in [0, 0.05) is 35.6 Å². The van der Waals surface area contributed by atoms with E-state index in [1.54, 1.807) is 25.1 Å². The minimum absolute atomic E-state index is 0.0565. The molecular weight excluding hydrogens is 385 g/mol. The molecule has 2 heterocycles. The highest BCUT2D eigenvalue weighted by molar-refractivity contribution is 6.04. The lowest BCUT2D eigenvalue weighted by molar-refractivity contribution is -0.142. The van der Waals surface area contributed by atoms with E-state index in [1.165, 1.54) is 6.07 Å². The average molecular weight is 413 g/mol. The third kappa shape index (κ3) is 3.93. The number of allylic oxidation sites excluding steroid dienone is 3. The molecule has 4 rings (SSSR count). The van der Waals surface area contributed by atoms with Gasteiger partial charge in [-0.2, -0.15) is 0 Å². The number of ketones is 1. The second-order valence-electron chi connectivity index (χ2n) is 9.18. The zero-order valence-electron chi connectivity index (χ0n) is 17.7. The van der Waals surface area contributed by atoms with E-state index in [2.05, 4.69) is 5.32 Å². The van der Waals surface area contributed by atoms with Crippen molar-refractivity contribution in [2.24, 2.45) is 5.41 Å². The largest absolute Gasteiger partial charge is 0.459 e. The second-order valence-corrected chi connectivity index (χ2v) is 9.18. The monoisotopic (exact) mass is 413 g/mol. The molecule has 1 aromatic carbocycles. The molecule has 2 aliphatic heterocycles. The first-order chi connectivity index (χ1) is 14.3. The summed E-state index contributed by atoms with van der Waals surface area (Å²) in [4.78, 5) is 26.3. The molecule has 0 bridgehead atoms. The number of halogens is 1. The summed E-state index contributed by atoms with van der Waals surface area (Å²) in [6.07, 6.45) is 2.71. The molecule has 1 aromatic rings. The molecule has 1 fully saturated rings. The number of benzene rings is 1. The van der Waals surface area contributed by atoms with Gasteiger partial charge in [-0.3, -0.25) is 4.79 Å². The molecular formula is C24H28FNO4. The molecule has 3 aliphatic rings. The Hall–Kier alpha value is -2.47. The fourth-order valence-corrected chi connectivity index (χ4v) is 4.75. The number of dihydropyridines is 1. The van der Waals surface area contributed by atoms with Crippen LogP contribution >= 0.6 is 0 Å². The Bertz CT molecular complexity index is 940. The maximum absolute atomic E-state index is 14.9. The molecule has 30 heavy (non-hydrogen) atoms. The summed E-state index contributed by atoms with van der Waals surface area (Å²) in [7, 11) is 0. The number of carbonyl (C=O) groups excluding carboxylic acids is 2. The maximum Gasteiger partial charge on any atom is 0.336 e. The first kappa shape index (κ1) is 20.8. The van der Waals surface area contributed by atoms with Crippen LogP contribution in [0.15, 0.2) is 46.8 Å². The first-order valence-corrected chi connectivity index (χ1v) is 10.5. The summed E-state index contributed by atoms with van der Waals surface area (Å²) in [6, 6.07) is 6.33. The third-order valence-electron chi connectivity index (χ3n) is 6.10. The molecule has 2 atom stereocenters. The highest BCUT2D eigenvalue weighted by Gasteiger charge is 2.44. The minimum Gasteiger partial charge on any atom is -0.459 e. The van der Waals surface area contributed by atoms with Gasteiger partial charge in [-0.15, -0.1) is 0 Å². The van der Waals surface area contributed by atoms with Gasteiger partial charge in [0.15, 0.2) is 5.78 Å². The van der Waals surface area contributed by atoms with Gasteiger partial charge in [-0.25, -0.2) is 9.18 Å². The van der Waals surface area contributed by atoms with Crippen LogP contribution in [0.5, 0.6) is 0 Å². The number of nitrogens with one attached hydrogen (secondary N) is 1. The van der Waals surface area contributed by atoms with Crippen LogP contribution in [-0.2, 0) is 19.1 Å². The molecule has 1 N–H and O–H groups in total. The fraction of sp³-hybridized carbons (Fsp3) is 0.500. The SMILES string of the molecule is CC1=C(C(=O)OC[C@@H]2CCCO2)[C@@H](c2ccccc2F)C2=C(CC(C)(C)CC2=O)N1. The summed E-state index contributed by atoms with van der Waals surface area (Å²) >= 11 is 0. The van der Waals surface area contributed by atoms with E-state index in [4.69, 9.17) is 9.47 Å². The van der Waals surface area contributed by atoms with Gasteiger partial charge in [0.05, 0.1) is 17.6 Å². The summed E-state index contributed by atoms with van der Waals surface area (Å²) < 4.78 is 26.0. The van der Waals surface area contributed by atoms with Crippen LogP contribution in [0.2, 0.25) is 0 Å². The van der Waals surface area contributed by atoms with Crippen molar-refractivity contribution in [1.82, 2.24) is 5.32 Å². The second kappa shape index (κ2) is 7.99. The van der Waals surface area contributed by atoms with Crippen molar-refractivity contribution in [2.75, 3.05) is 13.2 Å².